The molecule has 2 aromatic carbocycles. The summed E-state index contributed by atoms with van der Waals surface area (Å²) in [6.45, 7) is 1.80. The highest BCUT2D eigenvalue weighted by Gasteiger charge is 2.09. The highest BCUT2D eigenvalue weighted by molar-refractivity contribution is 5.97. The highest BCUT2D eigenvalue weighted by Crippen LogP contribution is 2.23. The van der Waals surface area contributed by atoms with Crippen molar-refractivity contribution in [3.05, 3.63) is 59.2 Å². The molecule has 4 nitrogen and oxygen atoms in total. The van der Waals surface area contributed by atoms with Crippen molar-refractivity contribution < 1.29 is 9.53 Å². The second-order valence-corrected chi connectivity index (χ2v) is 4.41. The third-order valence-electron chi connectivity index (χ3n) is 2.86. The Bertz CT molecular complexity index is 670. The van der Waals surface area contributed by atoms with Crippen LogP contribution < -0.4 is 10.5 Å². The zero-order valence-corrected chi connectivity index (χ0v) is 11.1. The van der Waals surface area contributed by atoms with E-state index in [4.69, 9.17) is 15.7 Å². The van der Waals surface area contributed by atoms with Gasteiger partial charge >= 0.3 is 0 Å². The molecule has 0 saturated heterocycles. The minimum Gasteiger partial charge on any atom is -0.488 e. The normalized spacial score (nSPS) is 9.80. The van der Waals surface area contributed by atoms with Crippen LogP contribution >= 0.6 is 0 Å². The number of Topliss-reactive ketones (excluding diaryl/α,β-unsaturated/α-hetero) is 1. The fourth-order valence-electron chi connectivity index (χ4n) is 1.79. The van der Waals surface area contributed by atoms with Crippen LogP contribution in [0.4, 0.5) is 5.69 Å². The third kappa shape index (κ3) is 3.15. The SMILES string of the molecule is CC(=O)c1cc(N)ccc1OCc1ccc(C#N)cc1. The van der Waals surface area contributed by atoms with Gasteiger partial charge in [0.25, 0.3) is 0 Å². The van der Waals surface area contributed by atoms with Gasteiger partial charge in [0.15, 0.2) is 5.78 Å². The Balaban J connectivity index is 2.14. The maximum atomic E-state index is 11.5. The molecule has 2 rings (SSSR count). The van der Waals surface area contributed by atoms with Crippen LogP contribution in [0.1, 0.15) is 28.4 Å². The number of nitriles is 1. The van der Waals surface area contributed by atoms with Gasteiger partial charge in [0.2, 0.25) is 0 Å². The summed E-state index contributed by atoms with van der Waals surface area (Å²) in [5.41, 5.74) is 8.19. The van der Waals surface area contributed by atoms with Crippen molar-refractivity contribution in [2.75, 3.05) is 5.73 Å². The minimum atomic E-state index is -0.0906. The first-order chi connectivity index (χ1) is 9.60. The van der Waals surface area contributed by atoms with Gasteiger partial charge in [-0.25, -0.2) is 0 Å². The molecule has 100 valence electrons. The van der Waals surface area contributed by atoms with Gasteiger partial charge in [-0.2, -0.15) is 5.26 Å². The van der Waals surface area contributed by atoms with E-state index in [2.05, 4.69) is 6.07 Å². The average molecular weight is 266 g/mol. The number of rotatable bonds is 4. The van der Waals surface area contributed by atoms with Crippen LogP contribution in [0.15, 0.2) is 42.5 Å². The first-order valence-electron chi connectivity index (χ1n) is 6.12. The number of ether oxygens (including phenoxy) is 1. The van der Waals surface area contributed by atoms with Crippen molar-refractivity contribution in [1.82, 2.24) is 0 Å². The van der Waals surface area contributed by atoms with Gasteiger partial charge in [0, 0.05) is 5.69 Å². The molecule has 0 saturated carbocycles. The van der Waals surface area contributed by atoms with E-state index in [9.17, 15) is 4.79 Å². The molecule has 4 heteroatoms. The Morgan fingerprint density at radius 1 is 1.25 bits per heavy atom. The van der Waals surface area contributed by atoms with Crippen molar-refractivity contribution in [2.24, 2.45) is 0 Å². The molecule has 0 aliphatic heterocycles. The van der Waals surface area contributed by atoms with E-state index in [1.807, 2.05) is 12.1 Å². The largest absolute Gasteiger partial charge is 0.488 e. The molecule has 0 aromatic heterocycles. The van der Waals surface area contributed by atoms with Gasteiger partial charge in [0.05, 0.1) is 17.2 Å². The van der Waals surface area contributed by atoms with Crippen molar-refractivity contribution in [3.63, 3.8) is 0 Å². The third-order valence-corrected chi connectivity index (χ3v) is 2.86. The van der Waals surface area contributed by atoms with Crippen LogP contribution in [-0.2, 0) is 6.61 Å². The Kier molecular flexibility index (Phi) is 4.02. The zero-order chi connectivity index (χ0) is 14.5. The molecule has 2 N–H and O–H groups in total. The van der Waals surface area contributed by atoms with Gasteiger partial charge < -0.3 is 10.5 Å². The first-order valence-corrected chi connectivity index (χ1v) is 6.12. The summed E-state index contributed by atoms with van der Waals surface area (Å²) in [4.78, 5) is 11.5. The fourth-order valence-corrected chi connectivity index (χ4v) is 1.79. The second kappa shape index (κ2) is 5.89. The topological polar surface area (TPSA) is 76.1 Å². The molecule has 20 heavy (non-hydrogen) atoms. The van der Waals surface area contributed by atoms with Gasteiger partial charge in [-0.1, -0.05) is 12.1 Å². The number of carbonyl (C=O) groups is 1. The van der Waals surface area contributed by atoms with E-state index in [-0.39, 0.29) is 5.78 Å². The number of nitrogen functional groups attached to an aromatic ring is 1. The molecule has 2 aromatic rings. The summed E-state index contributed by atoms with van der Waals surface area (Å²) >= 11 is 0. The van der Waals surface area contributed by atoms with Crippen LogP contribution in [-0.4, -0.2) is 5.78 Å². The number of nitrogens with zero attached hydrogens (tertiary/aromatic N) is 1. The highest BCUT2D eigenvalue weighted by atomic mass is 16.5. The first kappa shape index (κ1) is 13.6. The van der Waals surface area contributed by atoms with E-state index in [0.29, 0.717) is 29.2 Å². The predicted octanol–water partition coefficient (Wildman–Crippen LogP) is 2.92. The molecule has 0 radical (unpaired) electrons. The summed E-state index contributed by atoms with van der Waals surface area (Å²) in [5, 5.41) is 8.73. The molecule has 0 atom stereocenters. The van der Waals surface area contributed by atoms with E-state index >= 15 is 0 Å². The predicted molar refractivity (Wildman–Crippen MR) is 76.3 cm³/mol. The monoisotopic (exact) mass is 266 g/mol. The molecular formula is C16H14N2O2. The number of hydrogen-bond donors (Lipinski definition) is 1. The molecule has 0 aliphatic carbocycles. The Labute approximate surface area is 117 Å². The standard InChI is InChI=1S/C16H14N2O2/c1-11(19)15-8-14(18)6-7-16(15)20-10-13-4-2-12(9-17)3-5-13/h2-8H,10,18H2,1H3. The molecule has 0 bridgehead atoms. The van der Waals surface area contributed by atoms with Gasteiger partial charge in [0.1, 0.15) is 12.4 Å². The van der Waals surface area contributed by atoms with Crippen LogP contribution in [0.25, 0.3) is 0 Å². The van der Waals surface area contributed by atoms with Crippen molar-refractivity contribution in [3.8, 4) is 11.8 Å². The van der Waals surface area contributed by atoms with Crippen LogP contribution in [0.3, 0.4) is 0 Å². The maximum absolute atomic E-state index is 11.5. The second-order valence-electron chi connectivity index (χ2n) is 4.41. The van der Waals surface area contributed by atoms with E-state index < -0.39 is 0 Å². The molecule has 0 aliphatic rings. The fraction of sp³-hybridized carbons (Fsp3) is 0.125. The number of anilines is 1. The van der Waals surface area contributed by atoms with E-state index in [1.54, 1.807) is 30.3 Å². The zero-order valence-electron chi connectivity index (χ0n) is 11.1. The summed E-state index contributed by atoms with van der Waals surface area (Å²) in [5.74, 6) is 0.420. The lowest BCUT2D eigenvalue weighted by molar-refractivity contribution is 0.101. The Morgan fingerprint density at radius 3 is 2.55 bits per heavy atom. The van der Waals surface area contributed by atoms with Crippen molar-refractivity contribution in [2.45, 2.75) is 13.5 Å². The number of ketones is 1. The quantitative estimate of drug-likeness (QED) is 0.682. The van der Waals surface area contributed by atoms with Crippen molar-refractivity contribution >= 4 is 11.5 Å². The van der Waals surface area contributed by atoms with Gasteiger partial charge in [-0.3, -0.25) is 4.79 Å². The Morgan fingerprint density at radius 2 is 1.95 bits per heavy atom. The lowest BCUT2D eigenvalue weighted by Gasteiger charge is -2.10. The lowest BCUT2D eigenvalue weighted by atomic mass is 10.1. The maximum Gasteiger partial charge on any atom is 0.163 e. The summed E-state index contributed by atoms with van der Waals surface area (Å²) in [7, 11) is 0. The van der Waals surface area contributed by atoms with Crippen LogP contribution in [0.2, 0.25) is 0 Å². The average Bonchev–Trinajstić information content (AvgIpc) is 2.46. The number of nitrogens with two attached hydrogens (primary N) is 1. The molecule has 0 amide bonds. The molecule has 0 spiro atoms. The van der Waals surface area contributed by atoms with Crippen molar-refractivity contribution in [1.29, 1.82) is 5.26 Å². The minimum absolute atomic E-state index is 0.0906. The molecule has 0 unspecified atom stereocenters. The molecule has 0 fully saturated rings. The molecule has 0 heterocycles. The van der Waals surface area contributed by atoms with E-state index in [0.717, 1.165) is 5.56 Å². The summed E-state index contributed by atoms with van der Waals surface area (Å²) in [6.07, 6.45) is 0. The Hall–Kier alpha value is -2.80. The van der Waals surface area contributed by atoms with Gasteiger partial charge in [-0.15, -0.1) is 0 Å². The lowest BCUT2D eigenvalue weighted by Crippen LogP contribution is -2.02. The molecular weight excluding hydrogens is 252 g/mol. The number of hydrogen-bond acceptors (Lipinski definition) is 4. The number of benzene rings is 2. The number of carbonyl (C=O) groups excluding carboxylic acids is 1. The van der Waals surface area contributed by atoms with Gasteiger partial charge in [-0.05, 0) is 42.8 Å². The van der Waals surface area contributed by atoms with E-state index in [1.165, 1.54) is 6.92 Å². The summed E-state index contributed by atoms with van der Waals surface area (Å²) < 4.78 is 5.65. The smallest absolute Gasteiger partial charge is 0.163 e. The van der Waals surface area contributed by atoms with Crippen LogP contribution in [0, 0.1) is 11.3 Å². The summed E-state index contributed by atoms with van der Waals surface area (Å²) in [6, 6.07) is 14.2. The van der Waals surface area contributed by atoms with Crippen LogP contribution in [0.5, 0.6) is 5.75 Å².